The molecule has 0 bridgehead atoms. The molecular formula is C20H19ClF2N2O3S. The van der Waals surface area contributed by atoms with Gasteiger partial charge in [-0.15, -0.1) is 0 Å². The Hall–Kier alpha value is -2.03. The van der Waals surface area contributed by atoms with E-state index in [4.69, 9.17) is 16.0 Å². The summed E-state index contributed by atoms with van der Waals surface area (Å²) in [6.45, 7) is 2.30. The van der Waals surface area contributed by atoms with Gasteiger partial charge in [-0.3, -0.25) is 4.90 Å². The molecule has 2 aromatic carbocycles. The van der Waals surface area contributed by atoms with Crippen molar-refractivity contribution in [1.29, 1.82) is 0 Å². The summed E-state index contributed by atoms with van der Waals surface area (Å²) < 4.78 is 54.1. The first-order valence-corrected chi connectivity index (χ1v) is 11.1. The maximum Gasteiger partial charge on any atom is 0.341 e. The molecule has 154 valence electrons. The quantitative estimate of drug-likeness (QED) is 0.567. The van der Waals surface area contributed by atoms with Crippen LogP contribution in [0.2, 0.25) is 5.02 Å². The molecule has 9 heteroatoms. The number of aromatic nitrogens is 1. The highest BCUT2D eigenvalue weighted by molar-refractivity contribution is 7.91. The van der Waals surface area contributed by atoms with Gasteiger partial charge < -0.3 is 4.42 Å². The molecule has 1 aromatic heterocycles. The van der Waals surface area contributed by atoms with E-state index in [1.54, 1.807) is 24.3 Å². The average Bonchev–Trinajstić information content (AvgIpc) is 3.12. The van der Waals surface area contributed by atoms with E-state index in [0.717, 1.165) is 48.5 Å². The Morgan fingerprint density at radius 3 is 2.48 bits per heavy atom. The minimum absolute atomic E-state index is 0.232. The minimum Gasteiger partial charge on any atom is -0.440 e. The summed E-state index contributed by atoms with van der Waals surface area (Å²) >= 11 is 6.00. The molecule has 1 aliphatic rings. The number of benzene rings is 2. The SMILES string of the molecule is O=S(=O)(c1ccc(CN2CCC(c3nc4cc(Cl)ccc4o3)CC2)cc1)C(F)F. The zero-order chi connectivity index (χ0) is 20.6. The first kappa shape index (κ1) is 20.3. The normalized spacial score (nSPS) is 16.7. The highest BCUT2D eigenvalue weighted by Gasteiger charge is 2.27. The van der Waals surface area contributed by atoms with Gasteiger partial charge in [0.2, 0.25) is 9.84 Å². The van der Waals surface area contributed by atoms with E-state index in [1.807, 2.05) is 6.07 Å². The van der Waals surface area contributed by atoms with E-state index in [-0.39, 0.29) is 10.8 Å². The topological polar surface area (TPSA) is 63.4 Å². The Kier molecular flexibility index (Phi) is 5.59. The van der Waals surface area contributed by atoms with Gasteiger partial charge in [0, 0.05) is 17.5 Å². The van der Waals surface area contributed by atoms with Crippen LogP contribution in [0.25, 0.3) is 11.1 Å². The third kappa shape index (κ3) is 4.29. The molecule has 0 spiro atoms. The molecule has 1 aliphatic heterocycles. The van der Waals surface area contributed by atoms with Crippen LogP contribution in [0.1, 0.15) is 30.2 Å². The van der Waals surface area contributed by atoms with Crippen molar-refractivity contribution in [3.63, 3.8) is 0 Å². The van der Waals surface area contributed by atoms with Gasteiger partial charge in [-0.05, 0) is 61.8 Å². The van der Waals surface area contributed by atoms with Gasteiger partial charge in [0.15, 0.2) is 11.5 Å². The average molecular weight is 441 g/mol. The highest BCUT2D eigenvalue weighted by atomic mass is 35.5. The maximum atomic E-state index is 12.6. The van der Waals surface area contributed by atoms with Crippen LogP contribution in [0.5, 0.6) is 0 Å². The molecule has 1 saturated heterocycles. The van der Waals surface area contributed by atoms with Crippen LogP contribution in [0, 0.1) is 0 Å². The molecule has 29 heavy (non-hydrogen) atoms. The third-order valence-corrected chi connectivity index (χ3v) is 6.83. The summed E-state index contributed by atoms with van der Waals surface area (Å²) in [5.74, 6) is -2.45. The van der Waals surface area contributed by atoms with E-state index in [0.29, 0.717) is 11.6 Å². The number of alkyl halides is 2. The molecule has 0 radical (unpaired) electrons. The van der Waals surface area contributed by atoms with Crippen LogP contribution in [0.4, 0.5) is 8.78 Å². The second kappa shape index (κ2) is 8.01. The predicted octanol–water partition coefficient (Wildman–Crippen LogP) is 4.86. The lowest BCUT2D eigenvalue weighted by Gasteiger charge is -2.30. The van der Waals surface area contributed by atoms with Crippen molar-refractivity contribution in [3.05, 3.63) is 58.9 Å². The molecule has 4 rings (SSSR count). The molecular weight excluding hydrogens is 422 g/mol. The molecule has 0 N–H and O–H groups in total. The number of nitrogens with zero attached hydrogens (tertiary/aromatic N) is 2. The fourth-order valence-corrected chi connectivity index (χ4v) is 4.46. The number of fused-ring (bicyclic) bond motifs is 1. The summed E-state index contributed by atoms with van der Waals surface area (Å²) in [5, 5.41) is 0.625. The molecule has 0 saturated carbocycles. The van der Waals surface area contributed by atoms with E-state index < -0.39 is 15.6 Å². The number of hydrogen-bond donors (Lipinski definition) is 0. The van der Waals surface area contributed by atoms with Gasteiger partial charge in [-0.2, -0.15) is 8.78 Å². The monoisotopic (exact) mass is 440 g/mol. The van der Waals surface area contributed by atoms with Crippen LogP contribution in [0.3, 0.4) is 0 Å². The van der Waals surface area contributed by atoms with Crippen LogP contribution < -0.4 is 0 Å². The van der Waals surface area contributed by atoms with Crippen molar-refractivity contribution < 1.29 is 21.6 Å². The fourth-order valence-electron chi connectivity index (χ4n) is 3.58. The predicted molar refractivity (Wildman–Crippen MR) is 106 cm³/mol. The van der Waals surface area contributed by atoms with E-state index in [2.05, 4.69) is 9.88 Å². The van der Waals surface area contributed by atoms with Gasteiger partial charge >= 0.3 is 5.76 Å². The van der Waals surface area contributed by atoms with Crippen LogP contribution >= 0.6 is 11.6 Å². The van der Waals surface area contributed by atoms with Crippen LogP contribution in [-0.2, 0) is 16.4 Å². The summed E-state index contributed by atoms with van der Waals surface area (Å²) in [7, 11) is -4.55. The minimum atomic E-state index is -4.55. The molecule has 0 amide bonds. The van der Waals surface area contributed by atoms with Crippen LogP contribution in [0.15, 0.2) is 51.8 Å². The summed E-state index contributed by atoms with van der Waals surface area (Å²) in [6.07, 6.45) is 1.77. The van der Waals surface area contributed by atoms with Crippen molar-refractivity contribution >= 4 is 32.5 Å². The van der Waals surface area contributed by atoms with Crippen LogP contribution in [-0.4, -0.2) is 37.1 Å². The zero-order valence-electron chi connectivity index (χ0n) is 15.4. The second-order valence-corrected chi connectivity index (χ2v) is 9.52. The van der Waals surface area contributed by atoms with Crippen molar-refractivity contribution in [2.24, 2.45) is 0 Å². The number of hydrogen-bond acceptors (Lipinski definition) is 5. The lowest BCUT2D eigenvalue weighted by atomic mass is 9.96. The molecule has 1 fully saturated rings. The van der Waals surface area contributed by atoms with Crippen molar-refractivity contribution in [3.8, 4) is 0 Å². The Labute approximate surface area is 172 Å². The fraction of sp³-hybridized carbons (Fsp3) is 0.350. The van der Waals surface area contributed by atoms with E-state index in [9.17, 15) is 17.2 Å². The highest BCUT2D eigenvalue weighted by Crippen LogP contribution is 2.31. The number of rotatable bonds is 5. The molecule has 0 unspecified atom stereocenters. The Balaban J connectivity index is 1.37. The summed E-state index contributed by atoms with van der Waals surface area (Å²) in [4.78, 5) is 6.45. The number of halogens is 3. The Morgan fingerprint density at radius 1 is 1.14 bits per heavy atom. The van der Waals surface area contributed by atoms with Crippen molar-refractivity contribution in [2.75, 3.05) is 13.1 Å². The van der Waals surface area contributed by atoms with Gasteiger partial charge in [0.05, 0.1) is 4.90 Å². The first-order valence-electron chi connectivity index (χ1n) is 9.22. The van der Waals surface area contributed by atoms with E-state index in [1.165, 1.54) is 12.1 Å². The second-order valence-electron chi connectivity index (χ2n) is 7.16. The summed E-state index contributed by atoms with van der Waals surface area (Å²) in [6, 6.07) is 11.1. The molecule has 0 atom stereocenters. The van der Waals surface area contributed by atoms with Gasteiger partial charge in [0.1, 0.15) is 5.52 Å². The standard InChI is InChI=1S/C20H19ClF2N2O3S/c21-15-3-6-18-17(11-15)24-19(28-18)14-7-9-25(10-8-14)12-13-1-4-16(5-2-13)29(26,27)20(22)23/h1-6,11,14,20H,7-10,12H2. The largest absolute Gasteiger partial charge is 0.440 e. The van der Waals surface area contributed by atoms with Gasteiger partial charge in [-0.25, -0.2) is 13.4 Å². The van der Waals surface area contributed by atoms with Crippen molar-refractivity contribution in [1.82, 2.24) is 9.88 Å². The number of oxazole rings is 1. The molecule has 5 nitrogen and oxygen atoms in total. The molecule has 2 heterocycles. The Bertz CT molecular complexity index is 1110. The number of likely N-dealkylation sites (tertiary alicyclic amines) is 1. The third-order valence-electron chi connectivity index (χ3n) is 5.20. The number of sulfone groups is 1. The maximum absolute atomic E-state index is 12.6. The van der Waals surface area contributed by atoms with Crippen molar-refractivity contribution in [2.45, 2.75) is 36.0 Å². The first-order chi connectivity index (χ1) is 13.8. The molecule has 0 aliphatic carbocycles. The zero-order valence-corrected chi connectivity index (χ0v) is 17.0. The number of piperidine rings is 1. The lowest BCUT2D eigenvalue weighted by Crippen LogP contribution is -2.32. The summed E-state index contributed by atoms with van der Waals surface area (Å²) in [5.41, 5.74) is 2.37. The van der Waals surface area contributed by atoms with Gasteiger partial charge in [0.25, 0.3) is 0 Å². The van der Waals surface area contributed by atoms with E-state index >= 15 is 0 Å². The van der Waals surface area contributed by atoms with Gasteiger partial charge in [-0.1, -0.05) is 23.7 Å². The Morgan fingerprint density at radius 2 is 1.83 bits per heavy atom. The smallest absolute Gasteiger partial charge is 0.341 e. The lowest BCUT2D eigenvalue weighted by molar-refractivity contribution is 0.194. The molecule has 3 aromatic rings.